The van der Waals surface area contributed by atoms with Gasteiger partial charge in [0.25, 0.3) is 0 Å². The van der Waals surface area contributed by atoms with Gasteiger partial charge in [0.05, 0.1) is 0 Å². The van der Waals surface area contributed by atoms with Gasteiger partial charge >= 0.3 is 0 Å². The summed E-state index contributed by atoms with van der Waals surface area (Å²) in [7, 11) is 0. The molecule has 0 spiro atoms. The van der Waals surface area contributed by atoms with Crippen LogP contribution in [0.1, 0.15) is 5.56 Å². The third-order valence-corrected chi connectivity index (χ3v) is 3.49. The molecule has 0 aromatic heterocycles. The second kappa shape index (κ2) is 6.45. The smallest absolute Gasteiger partial charge is 0.119 e. The topological polar surface area (TPSA) is 21.3 Å². The average molecular weight is 306 g/mol. The molecule has 0 radical (unpaired) electrons. The van der Waals surface area contributed by atoms with Crippen LogP contribution in [-0.2, 0) is 0 Å². The van der Waals surface area contributed by atoms with Gasteiger partial charge in [0.1, 0.15) is 12.4 Å². The SMILES string of the molecule is Cc1cc(OCCNc2ccccc2)ccc1Br. The highest BCUT2D eigenvalue weighted by atomic mass is 79.9. The number of ether oxygens (including phenoxy) is 1. The van der Waals surface area contributed by atoms with Gasteiger partial charge in [0.2, 0.25) is 0 Å². The van der Waals surface area contributed by atoms with Crippen molar-refractivity contribution in [2.75, 3.05) is 18.5 Å². The Morgan fingerprint density at radius 3 is 2.61 bits per heavy atom. The lowest BCUT2D eigenvalue weighted by Gasteiger charge is -2.09. The number of aryl methyl sites for hydroxylation is 1. The molecule has 0 bridgehead atoms. The highest BCUT2D eigenvalue weighted by Crippen LogP contribution is 2.21. The zero-order chi connectivity index (χ0) is 12.8. The number of halogens is 1. The molecule has 0 aliphatic rings. The van der Waals surface area contributed by atoms with Gasteiger partial charge in [-0.1, -0.05) is 34.1 Å². The number of anilines is 1. The molecule has 0 saturated carbocycles. The summed E-state index contributed by atoms with van der Waals surface area (Å²) in [4.78, 5) is 0. The Hall–Kier alpha value is -1.48. The van der Waals surface area contributed by atoms with E-state index in [9.17, 15) is 0 Å². The van der Waals surface area contributed by atoms with Crippen molar-refractivity contribution in [3.05, 3.63) is 58.6 Å². The van der Waals surface area contributed by atoms with Gasteiger partial charge in [0.15, 0.2) is 0 Å². The maximum Gasteiger partial charge on any atom is 0.119 e. The van der Waals surface area contributed by atoms with Gasteiger partial charge in [-0.25, -0.2) is 0 Å². The van der Waals surface area contributed by atoms with Crippen molar-refractivity contribution in [3.63, 3.8) is 0 Å². The predicted octanol–water partition coefficient (Wildman–Crippen LogP) is 4.25. The fourth-order valence-corrected chi connectivity index (χ4v) is 1.87. The summed E-state index contributed by atoms with van der Waals surface area (Å²) >= 11 is 3.47. The zero-order valence-electron chi connectivity index (χ0n) is 10.3. The molecule has 0 fully saturated rings. The van der Waals surface area contributed by atoms with Crippen LogP contribution in [0.25, 0.3) is 0 Å². The zero-order valence-corrected chi connectivity index (χ0v) is 11.9. The molecule has 0 amide bonds. The molecule has 0 atom stereocenters. The highest BCUT2D eigenvalue weighted by Gasteiger charge is 1.98. The summed E-state index contributed by atoms with van der Waals surface area (Å²) in [6, 6.07) is 16.1. The van der Waals surface area contributed by atoms with Crippen molar-refractivity contribution in [1.29, 1.82) is 0 Å². The van der Waals surface area contributed by atoms with E-state index in [1.54, 1.807) is 0 Å². The molecule has 0 saturated heterocycles. The number of para-hydroxylation sites is 1. The van der Waals surface area contributed by atoms with E-state index in [0.717, 1.165) is 22.5 Å². The summed E-state index contributed by atoms with van der Waals surface area (Å²) in [5.41, 5.74) is 2.30. The van der Waals surface area contributed by atoms with Crippen LogP contribution in [0.15, 0.2) is 53.0 Å². The number of hydrogen-bond donors (Lipinski definition) is 1. The lowest BCUT2D eigenvalue weighted by Crippen LogP contribution is -2.11. The van der Waals surface area contributed by atoms with Crippen LogP contribution in [0.5, 0.6) is 5.75 Å². The van der Waals surface area contributed by atoms with E-state index < -0.39 is 0 Å². The Morgan fingerprint density at radius 2 is 1.89 bits per heavy atom. The minimum atomic E-state index is 0.649. The molecule has 0 heterocycles. The average Bonchev–Trinajstić information content (AvgIpc) is 2.40. The summed E-state index contributed by atoms with van der Waals surface area (Å²) in [6.07, 6.45) is 0. The third kappa shape index (κ3) is 3.77. The minimum absolute atomic E-state index is 0.649. The molecule has 18 heavy (non-hydrogen) atoms. The molecule has 1 N–H and O–H groups in total. The van der Waals surface area contributed by atoms with Gasteiger partial charge in [-0.2, -0.15) is 0 Å². The largest absolute Gasteiger partial charge is 0.492 e. The molecule has 2 nitrogen and oxygen atoms in total. The van der Waals surface area contributed by atoms with Crippen LogP contribution in [0.4, 0.5) is 5.69 Å². The van der Waals surface area contributed by atoms with Crippen molar-refractivity contribution in [3.8, 4) is 5.75 Å². The number of hydrogen-bond acceptors (Lipinski definition) is 2. The van der Waals surface area contributed by atoms with Crippen LogP contribution in [-0.4, -0.2) is 13.2 Å². The quantitative estimate of drug-likeness (QED) is 0.834. The maximum absolute atomic E-state index is 5.68. The Kier molecular flexibility index (Phi) is 4.65. The second-order valence-electron chi connectivity index (χ2n) is 4.05. The van der Waals surface area contributed by atoms with E-state index in [1.807, 2.05) is 48.5 Å². The van der Waals surface area contributed by atoms with Gasteiger partial charge < -0.3 is 10.1 Å². The van der Waals surface area contributed by atoms with Crippen LogP contribution < -0.4 is 10.1 Å². The van der Waals surface area contributed by atoms with Crippen LogP contribution in [0, 0.1) is 6.92 Å². The maximum atomic E-state index is 5.68. The Balaban J connectivity index is 1.77. The predicted molar refractivity (Wildman–Crippen MR) is 79.3 cm³/mol. The first-order valence-electron chi connectivity index (χ1n) is 5.93. The number of nitrogens with one attached hydrogen (secondary N) is 1. The molecular weight excluding hydrogens is 290 g/mol. The van der Waals surface area contributed by atoms with Crippen molar-refractivity contribution >= 4 is 21.6 Å². The summed E-state index contributed by atoms with van der Waals surface area (Å²) < 4.78 is 6.79. The molecule has 2 aromatic carbocycles. The second-order valence-corrected chi connectivity index (χ2v) is 4.91. The fraction of sp³-hybridized carbons (Fsp3) is 0.200. The number of rotatable bonds is 5. The summed E-state index contributed by atoms with van der Waals surface area (Å²) in [5, 5.41) is 3.31. The van der Waals surface area contributed by atoms with Gasteiger partial charge in [-0.3, -0.25) is 0 Å². The standard InChI is InChI=1S/C15H16BrNO/c1-12-11-14(7-8-15(12)16)18-10-9-17-13-5-3-2-4-6-13/h2-8,11,17H,9-10H2,1H3. The molecule has 3 heteroatoms. The van der Waals surface area contributed by atoms with E-state index in [1.165, 1.54) is 5.56 Å². The van der Waals surface area contributed by atoms with Crippen molar-refractivity contribution in [2.45, 2.75) is 6.92 Å². The van der Waals surface area contributed by atoms with E-state index in [2.05, 4.69) is 28.2 Å². The monoisotopic (exact) mass is 305 g/mol. The van der Waals surface area contributed by atoms with E-state index in [-0.39, 0.29) is 0 Å². The highest BCUT2D eigenvalue weighted by molar-refractivity contribution is 9.10. The van der Waals surface area contributed by atoms with Gasteiger partial charge in [0, 0.05) is 16.7 Å². The Labute approximate surface area is 116 Å². The lowest BCUT2D eigenvalue weighted by atomic mass is 10.2. The van der Waals surface area contributed by atoms with Crippen molar-refractivity contribution < 1.29 is 4.74 Å². The Morgan fingerprint density at radius 1 is 1.11 bits per heavy atom. The normalized spacial score (nSPS) is 10.1. The van der Waals surface area contributed by atoms with Crippen LogP contribution >= 0.6 is 15.9 Å². The molecule has 0 aliphatic heterocycles. The summed E-state index contributed by atoms with van der Waals surface area (Å²) in [5.74, 6) is 0.908. The lowest BCUT2D eigenvalue weighted by molar-refractivity contribution is 0.332. The van der Waals surface area contributed by atoms with Crippen LogP contribution in [0.2, 0.25) is 0 Å². The third-order valence-electron chi connectivity index (χ3n) is 2.60. The molecule has 2 rings (SSSR count). The Bertz CT molecular complexity index is 499. The van der Waals surface area contributed by atoms with E-state index in [0.29, 0.717) is 6.61 Å². The first-order chi connectivity index (χ1) is 8.75. The minimum Gasteiger partial charge on any atom is -0.492 e. The molecule has 0 unspecified atom stereocenters. The van der Waals surface area contributed by atoms with Gasteiger partial charge in [-0.05, 0) is 42.8 Å². The summed E-state index contributed by atoms with van der Waals surface area (Å²) in [6.45, 7) is 3.49. The fourth-order valence-electron chi connectivity index (χ4n) is 1.63. The van der Waals surface area contributed by atoms with Crippen molar-refractivity contribution in [1.82, 2.24) is 0 Å². The number of benzene rings is 2. The van der Waals surface area contributed by atoms with E-state index >= 15 is 0 Å². The molecule has 94 valence electrons. The molecule has 2 aromatic rings. The van der Waals surface area contributed by atoms with E-state index in [4.69, 9.17) is 4.74 Å². The molecular formula is C15H16BrNO. The van der Waals surface area contributed by atoms with Crippen LogP contribution in [0.3, 0.4) is 0 Å². The van der Waals surface area contributed by atoms with Gasteiger partial charge in [-0.15, -0.1) is 0 Å². The van der Waals surface area contributed by atoms with Crippen molar-refractivity contribution in [2.24, 2.45) is 0 Å². The first kappa shape index (κ1) is 13.0. The first-order valence-corrected chi connectivity index (χ1v) is 6.73. The molecule has 0 aliphatic carbocycles.